The molecular weight excluding hydrogens is 589 g/mol. The molecule has 7 rings (SSSR count). The molecule has 6 nitrogen and oxygen atoms in total. The van der Waals surface area contributed by atoms with E-state index in [1.165, 1.54) is 66.8 Å². The summed E-state index contributed by atoms with van der Waals surface area (Å²) < 4.78 is 0. The minimum absolute atomic E-state index is 0.0580. The molecule has 12 bridgehead atoms. The van der Waals surface area contributed by atoms with Crippen LogP contribution >= 0.6 is 0 Å². The predicted octanol–water partition coefficient (Wildman–Crippen LogP) is 6.26. The molecule has 6 heteroatoms. The molecule has 4 aliphatic rings. The highest BCUT2D eigenvalue weighted by Crippen LogP contribution is 2.32. The maximum Gasteiger partial charge on any atom is 0.0925 e. The van der Waals surface area contributed by atoms with E-state index < -0.39 is 0 Å². The lowest BCUT2D eigenvalue weighted by molar-refractivity contribution is 0.957. The van der Waals surface area contributed by atoms with Gasteiger partial charge < -0.3 is 15.0 Å². The number of aromatic nitrogens is 3. The van der Waals surface area contributed by atoms with Gasteiger partial charge >= 0.3 is 0 Å². The summed E-state index contributed by atoms with van der Waals surface area (Å²) in [5, 5.41) is 4.38. The first-order valence-corrected chi connectivity index (χ1v) is 16.9. The van der Waals surface area contributed by atoms with Gasteiger partial charge in [0.25, 0.3) is 0 Å². The smallest absolute Gasteiger partial charge is 0.0925 e. The molecule has 4 aliphatic heterocycles. The first kappa shape index (κ1) is 31.6. The van der Waals surface area contributed by atoms with Gasteiger partial charge in [-0.1, -0.05) is 0 Å². The molecule has 0 spiro atoms. The fraction of sp³-hybridized carbons (Fsp3) is 0.310. The van der Waals surface area contributed by atoms with E-state index in [9.17, 15) is 0 Å². The number of aromatic amines is 3. The fourth-order valence-corrected chi connectivity index (χ4v) is 6.94. The molecule has 0 aromatic carbocycles. The molecule has 0 radical (unpaired) electrons. The van der Waals surface area contributed by atoms with Gasteiger partial charge in [0.1, 0.15) is 0 Å². The third-order valence-corrected chi connectivity index (χ3v) is 11.5. The van der Waals surface area contributed by atoms with E-state index in [1.807, 2.05) is 0 Å². The van der Waals surface area contributed by atoms with Crippen molar-refractivity contribution in [1.82, 2.24) is 15.0 Å². The van der Waals surface area contributed by atoms with E-state index >= 15 is 0 Å². The van der Waals surface area contributed by atoms with Crippen molar-refractivity contribution in [1.29, 1.82) is 0 Å². The molecule has 0 aliphatic carbocycles. The highest BCUT2D eigenvalue weighted by atomic mass is 14.9. The third kappa shape index (κ3) is 4.97. The Balaban J connectivity index is 1.50. The number of rotatable bonds is 0. The van der Waals surface area contributed by atoms with Crippen LogP contribution in [0.1, 0.15) is 86.3 Å². The van der Waals surface area contributed by atoms with Crippen molar-refractivity contribution in [2.75, 3.05) is 0 Å². The van der Waals surface area contributed by atoms with Crippen LogP contribution in [0.5, 0.6) is 0 Å². The Morgan fingerprint density at radius 1 is 0.417 bits per heavy atom. The second kappa shape index (κ2) is 11.3. The van der Waals surface area contributed by atoms with E-state index in [1.54, 1.807) is 0 Å². The highest BCUT2D eigenvalue weighted by molar-refractivity contribution is 6.24. The lowest BCUT2D eigenvalue weighted by Crippen LogP contribution is -2.14. The van der Waals surface area contributed by atoms with Crippen LogP contribution in [0.3, 0.4) is 0 Å². The first-order valence-electron chi connectivity index (χ1n) is 16.9. The van der Waals surface area contributed by atoms with Gasteiger partial charge in [0, 0.05) is 32.8 Å². The Morgan fingerprint density at radius 3 is 1.35 bits per heavy atom. The van der Waals surface area contributed by atoms with Crippen LogP contribution in [0, 0.1) is 41.5 Å². The van der Waals surface area contributed by atoms with Crippen LogP contribution in [-0.2, 0) is 0 Å². The van der Waals surface area contributed by atoms with Crippen molar-refractivity contribution in [2.24, 2.45) is 15.0 Å². The van der Waals surface area contributed by atoms with Crippen molar-refractivity contribution < 1.29 is 0 Å². The molecule has 244 valence electrons. The molecule has 0 saturated carbocycles. The Bertz CT molecular complexity index is 2500. The number of aliphatic imine (C=N–C) groups is 3. The third-order valence-electron chi connectivity index (χ3n) is 11.5. The maximum absolute atomic E-state index is 5.19. The van der Waals surface area contributed by atoms with E-state index in [-0.39, 0.29) is 6.04 Å². The van der Waals surface area contributed by atoms with Gasteiger partial charge in [0.15, 0.2) is 0 Å². The Labute approximate surface area is 283 Å². The zero-order valence-electron chi connectivity index (χ0n) is 30.4. The summed E-state index contributed by atoms with van der Waals surface area (Å²) in [5.74, 6) is 0. The summed E-state index contributed by atoms with van der Waals surface area (Å²) in [6.07, 6.45) is 13.3. The van der Waals surface area contributed by atoms with Crippen molar-refractivity contribution in [3.8, 4) is 0 Å². The van der Waals surface area contributed by atoms with Gasteiger partial charge in [0.05, 0.1) is 34.6 Å². The lowest BCUT2D eigenvalue weighted by Gasteiger charge is -2.05. The zero-order valence-corrected chi connectivity index (χ0v) is 30.4. The number of fused-ring (bicyclic) bond motifs is 9. The number of allylic oxidation sites excluding steroid dienone is 6. The molecule has 3 N–H and O–H groups in total. The van der Waals surface area contributed by atoms with Gasteiger partial charge in [-0.3, -0.25) is 4.99 Å². The van der Waals surface area contributed by atoms with Crippen LogP contribution in [-0.4, -0.2) is 38.1 Å². The predicted molar refractivity (Wildman–Crippen MR) is 203 cm³/mol. The average molecular weight is 635 g/mol. The molecule has 0 saturated heterocycles. The van der Waals surface area contributed by atoms with E-state index in [0.29, 0.717) is 0 Å². The summed E-state index contributed by atoms with van der Waals surface area (Å²) in [6.45, 7) is 26.2. The summed E-state index contributed by atoms with van der Waals surface area (Å²) in [7, 11) is 0. The largest absolute Gasteiger partial charge is 0.355 e. The summed E-state index contributed by atoms with van der Waals surface area (Å²) >= 11 is 0. The average Bonchev–Trinajstić information content (AvgIpc) is 3.81. The van der Waals surface area contributed by atoms with Crippen LogP contribution in [0.25, 0.3) is 24.3 Å². The molecule has 0 amide bonds. The molecular formula is C42H46N6. The number of H-pyrrole nitrogens is 3. The second-order valence-electron chi connectivity index (χ2n) is 14.0. The number of nitrogens with zero attached hydrogens (tertiary/aromatic N) is 3. The molecule has 3 aromatic rings. The topological polar surface area (TPSA) is 84.5 Å². The van der Waals surface area contributed by atoms with Crippen molar-refractivity contribution in [3.05, 3.63) is 123 Å². The van der Waals surface area contributed by atoms with Gasteiger partial charge in [-0.15, -0.1) is 0 Å². The fourth-order valence-electron chi connectivity index (χ4n) is 6.94. The Morgan fingerprint density at radius 2 is 0.854 bits per heavy atom. The molecule has 0 fully saturated rings. The first-order chi connectivity index (χ1) is 22.7. The highest BCUT2D eigenvalue weighted by Gasteiger charge is 2.25. The SMILES string of the molecule is CC1=C(C)/C2=C/C3N=C(/C=C4N=C(/C=c5\[nH]/c(c(C)c5C)=C\c5[nH]c(c(C)c5C)/C=c5\[nH]/c(c(C)c5C)=C\C1=N2)C(C)=C/4C)C(C)=C3C. The Hall–Kier alpha value is -4.97. The van der Waals surface area contributed by atoms with Crippen LogP contribution in [0.2, 0.25) is 0 Å². The second-order valence-corrected chi connectivity index (χ2v) is 14.0. The van der Waals surface area contributed by atoms with Crippen LogP contribution in [0.15, 0.2) is 72.0 Å². The van der Waals surface area contributed by atoms with E-state index in [4.69, 9.17) is 15.0 Å². The molecule has 3 aromatic heterocycles. The minimum atomic E-state index is -0.0580. The number of nitrogens with one attached hydrogen (secondary N) is 3. The van der Waals surface area contributed by atoms with Crippen molar-refractivity contribution in [2.45, 2.75) is 89.1 Å². The van der Waals surface area contributed by atoms with Crippen molar-refractivity contribution >= 4 is 41.4 Å². The molecule has 1 unspecified atom stereocenters. The quantitative estimate of drug-likeness (QED) is 0.261. The number of hydrogen-bond donors (Lipinski definition) is 3. The van der Waals surface area contributed by atoms with Gasteiger partial charge in [-0.2, -0.15) is 0 Å². The zero-order chi connectivity index (χ0) is 34.3. The van der Waals surface area contributed by atoms with Crippen LogP contribution in [0.4, 0.5) is 0 Å². The minimum Gasteiger partial charge on any atom is -0.355 e. The normalized spacial score (nSPS) is 24.2. The standard InChI is InChI=1S/C42H46N6/c1-19-20(2)32-14-34-23(5)24(6)36(45-34)16-38-27(9)28(10)40(47-38)18-42-30(12)29(11)41(48-42)17-39-26(8)25(7)37(46-39)15-35-22(4)21(3)33(44-35)13-31(19)43-32/h13-18,31,46-48H,1-12H3/b33-13-,34-14+,37-15-,38-16-,39-17-,40-18-. The summed E-state index contributed by atoms with van der Waals surface area (Å²) in [6, 6.07) is -0.0580. The van der Waals surface area contributed by atoms with Gasteiger partial charge in [-0.25, -0.2) is 9.98 Å². The van der Waals surface area contributed by atoms with Gasteiger partial charge in [-0.05, 0) is 186 Å². The summed E-state index contributed by atoms with van der Waals surface area (Å²) in [5.41, 5.74) is 21.8. The maximum atomic E-state index is 5.19. The lowest BCUT2D eigenvalue weighted by atomic mass is 10.0. The monoisotopic (exact) mass is 634 g/mol. The van der Waals surface area contributed by atoms with Crippen LogP contribution < -0.4 is 21.4 Å². The van der Waals surface area contributed by atoms with E-state index in [0.717, 1.165) is 61.3 Å². The van der Waals surface area contributed by atoms with E-state index in [2.05, 4.69) is 134 Å². The number of hydrogen-bond acceptors (Lipinski definition) is 3. The summed E-state index contributed by atoms with van der Waals surface area (Å²) in [4.78, 5) is 26.6. The molecule has 48 heavy (non-hydrogen) atoms. The molecule has 7 heterocycles. The van der Waals surface area contributed by atoms with Gasteiger partial charge in [0.2, 0.25) is 0 Å². The Kier molecular flexibility index (Phi) is 7.46. The molecule has 1 atom stereocenters. The van der Waals surface area contributed by atoms with Crippen molar-refractivity contribution in [3.63, 3.8) is 0 Å².